The molecule has 0 aliphatic carbocycles. The molecule has 0 aliphatic rings. The Morgan fingerprint density at radius 2 is 2.00 bits per heavy atom. The van der Waals surface area contributed by atoms with Gasteiger partial charge in [0.2, 0.25) is 0 Å². The first-order chi connectivity index (χ1) is 8.40. The van der Waals surface area contributed by atoms with Gasteiger partial charge in [0.05, 0.1) is 23.3 Å². The monoisotopic (exact) mass is 243 g/mol. The number of hydrogen-bond acceptors (Lipinski definition) is 2. The number of fused-ring (bicyclic) bond motifs is 1. The van der Waals surface area contributed by atoms with E-state index in [2.05, 4.69) is 10.1 Å². The van der Waals surface area contributed by atoms with Gasteiger partial charge < -0.3 is 0 Å². The van der Waals surface area contributed by atoms with Gasteiger partial charge in [-0.3, -0.25) is 4.98 Å². The Hall–Kier alpha value is -1.87. The zero-order valence-corrected chi connectivity index (χ0v) is 9.80. The third-order valence-corrected chi connectivity index (χ3v) is 3.02. The fourth-order valence-corrected chi connectivity index (χ4v) is 2.10. The number of rotatable bonds is 2. The number of alkyl halides is 1. The highest BCUT2D eigenvalue weighted by Crippen LogP contribution is 2.20. The largest absolute Gasteiger partial charge is 0.264 e. The van der Waals surface area contributed by atoms with Crippen molar-refractivity contribution in [3.63, 3.8) is 0 Å². The van der Waals surface area contributed by atoms with Crippen LogP contribution in [0.15, 0.2) is 48.9 Å². The van der Waals surface area contributed by atoms with Crippen molar-refractivity contribution in [1.82, 2.24) is 14.8 Å². The summed E-state index contributed by atoms with van der Waals surface area (Å²) >= 11 is 5.92. The molecule has 0 bridgehead atoms. The Kier molecular flexibility index (Phi) is 2.53. The molecule has 0 spiro atoms. The topological polar surface area (TPSA) is 30.7 Å². The van der Waals surface area contributed by atoms with Gasteiger partial charge in [-0.2, -0.15) is 5.10 Å². The molecule has 0 saturated carbocycles. The van der Waals surface area contributed by atoms with E-state index in [0.717, 1.165) is 22.2 Å². The highest BCUT2D eigenvalue weighted by molar-refractivity contribution is 6.17. The van der Waals surface area contributed by atoms with E-state index in [1.54, 1.807) is 12.4 Å². The molecule has 0 unspecified atom stereocenters. The summed E-state index contributed by atoms with van der Waals surface area (Å²) in [5.74, 6) is 0.428. The Labute approximate surface area is 104 Å². The van der Waals surface area contributed by atoms with Crippen LogP contribution < -0.4 is 0 Å². The zero-order valence-electron chi connectivity index (χ0n) is 9.05. The van der Waals surface area contributed by atoms with Crippen LogP contribution in [0.1, 0.15) is 5.56 Å². The smallest absolute Gasteiger partial charge is 0.0741 e. The molecule has 0 amide bonds. The number of pyridine rings is 1. The summed E-state index contributed by atoms with van der Waals surface area (Å²) in [5, 5.41) is 5.52. The van der Waals surface area contributed by atoms with E-state index < -0.39 is 0 Å². The molecule has 3 nitrogen and oxygen atoms in total. The first-order valence-electron chi connectivity index (χ1n) is 5.32. The molecule has 0 saturated heterocycles. The summed E-state index contributed by atoms with van der Waals surface area (Å²) in [7, 11) is 0. The summed E-state index contributed by atoms with van der Waals surface area (Å²) in [6.07, 6.45) is 5.38. The van der Waals surface area contributed by atoms with E-state index in [1.165, 1.54) is 0 Å². The number of nitrogens with zero attached hydrogens (tertiary/aromatic N) is 3. The molecule has 0 N–H and O–H groups in total. The number of benzene rings is 1. The normalized spacial score (nSPS) is 10.9. The number of aromatic nitrogens is 3. The van der Waals surface area contributed by atoms with Crippen molar-refractivity contribution in [2.75, 3.05) is 0 Å². The fraction of sp³-hybridized carbons (Fsp3) is 0.0769. The van der Waals surface area contributed by atoms with Crippen molar-refractivity contribution in [3.05, 3.63) is 54.5 Å². The van der Waals surface area contributed by atoms with Crippen LogP contribution >= 0.6 is 11.6 Å². The second kappa shape index (κ2) is 4.18. The van der Waals surface area contributed by atoms with Gasteiger partial charge in [0.25, 0.3) is 0 Å². The first-order valence-corrected chi connectivity index (χ1v) is 5.85. The Bertz CT molecular complexity index is 660. The van der Waals surface area contributed by atoms with Crippen molar-refractivity contribution in [2.24, 2.45) is 0 Å². The minimum Gasteiger partial charge on any atom is -0.264 e. The maximum Gasteiger partial charge on any atom is 0.0741 e. The lowest BCUT2D eigenvalue weighted by Crippen LogP contribution is -2.00. The highest BCUT2D eigenvalue weighted by atomic mass is 35.5. The third kappa shape index (κ3) is 1.68. The minimum atomic E-state index is 0.428. The number of hydrogen-bond donors (Lipinski definition) is 0. The molecule has 3 aromatic rings. The van der Waals surface area contributed by atoms with Crippen LogP contribution in [0.5, 0.6) is 0 Å². The van der Waals surface area contributed by atoms with Crippen LogP contribution in [0.3, 0.4) is 0 Å². The number of para-hydroxylation sites is 1. The summed E-state index contributed by atoms with van der Waals surface area (Å²) < 4.78 is 1.90. The second-order valence-corrected chi connectivity index (χ2v) is 4.02. The lowest BCUT2D eigenvalue weighted by molar-refractivity contribution is 0.895. The highest BCUT2D eigenvalue weighted by Gasteiger charge is 2.07. The molecular weight excluding hydrogens is 234 g/mol. The van der Waals surface area contributed by atoms with Gasteiger partial charge in [-0.15, -0.1) is 11.6 Å². The summed E-state index contributed by atoms with van der Waals surface area (Å²) in [4.78, 5) is 4.08. The van der Waals surface area contributed by atoms with Crippen LogP contribution in [0.4, 0.5) is 0 Å². The lowest BCUT2D eigenvalue weighted by atomic mass is 10.2. The van der Waals surface area contributed by atoms with Crippen molar-refractivity contribution in [1.29, 1.82) is 0 Å². The van der Waals surface area contributed by atoms with Crippen molar-refractivity contribution < 1.29 is 0 Å². The molecule has 0 aliphatic heterocycles. The summed E-state index contributed by atoms with van der Waals surface area (Å²) in [6, 6.07) is 10.0. The summed E-state index contributed by atoms with van der Waals surface area (Å²) in [5.41, 5.74) is 3.03. The zero-order chi connectivity index (χ0) is 11.7. The Morgan fingerprint density at radius 3 is 2.88 bits per heavy atom. The van der Waals surface area contributed by atoms with E-state index in [1.807, 2.05) is 41.2 Å². The van der Waals surface area contributed by atoms with Crippen LogP contribution in [0.25, 0.3) is 16.6 Å². The predicted octanol–water partition coefficient (Wildman–Crippen LogP) is 3.16. The SMILES string of the molecule is ClCc1cnccc1-n1ncc2ccccc21. The average Bonchev–Trinajstić information content (AvgIpc) is 2.82. The molecule has 0 fully saturated rings. The standard InChI is InChI=1S/C13H10ClN3/c14-7-11-8-15-6-5-13(11)17-12-4-2-1-3-10(12)9-16-17/h1-6,8-9H,7H2. The molecule has 2 heterocycles. The Morgan fingerprint density at radius 1 is 1.12 bits per heavy atom. The van der Waals surface area contributed by atoms with Crippen LogP contribution in [0, 0.1) is 0 Å². The maximum atomic E-state index is 5.92. The van der Waals surface area contributed by atoms with Gasteiger partial charge >= 0.3 is 0 Å². The average molecular weight is 244 g/mol. The van der Waals surface area contributed by atoms with Gasteiger partial charge in [0.15, 0.2) is 0 Å². The second-order valence-electron chi connectivity index (χ2n) is 3.75. The molecule has 84 valence electrons. The Balaban J connectivity index is 2.27. The van der Waals surface area contributed by atoms with Crippen LogP contribution in [-0.2, 0) is 5.88 Å². The van der Waals surface area contributed by atoms with Crippen molar-refractivity contribution in [2.45, 2.75) is 5.88 Å². The van der Waals surface area contributed by atoms with Gasteiger partial charge in [0, 0.05) is 23.3 Å². The van der Waals surface area contributed by atoms with E-state index in [9.17, 15) is 0 Å². The number of halogens is 1. The van der Waals surface area contributed by atoms with Crippen LogP contribution in [-0.4, -0.2) is 14.8 Å². The molecule has 1 aromatic carbocycles. The van der Waals surface area contributed by atoms with Gasteiger partial charge in [0.1, 0.15) is 0 Å². The molecule has 3 rings (SSSR count). The quantitative estimate of drug-likeness (QED) is 0.648. The van der Waals surface area contributed by atoms with Gasteiger partial charge in [-0.1, -0.05) is 18.2 Å². The van der Waals surface area contributed by atoms with E-state index in [0.29, 0.717) is 5.88 Å². The first kappa shape index (κ1) is 10.3. The molecular formula is C13H10ClN3. The molecule has 4 heteroatoms. The van der Waals surface area contributed by atoms with Crippen molar-refractivity contribution in [3.8, 4) is 5.69 Å². The summed E-state index contributed by atoms with van der Waals surface area (Å²) in [6.45, 7) is 0. The third-order valence-electron chi connectivity index (χ3n) is 2.73. The molecule has 0 atom stereocenters. The molecule has 0 radical (unpaired) electrons. The van der Waals surface area contributed by atoms with Gasteiger partial charge in [-0.25, -0.2) is 4.68 Å². The fourth-order valence-electron chi connectivity index (χ4n) is 1.89. The lowest BCUT2D eigenvalue weighted by Gasteiger charge is -2.07. The minimum absolute atomic E-state index is 0.428. The van der Waals surface area contributed by atoms with Crippen molar-refractivity contribution >= 4 is 22.5 Å². The van der Waals surface area contributed by atoms with E-state index >= 15 is 0 Å². The molecule has 17 heavy (non-hydrogen) atoms. The van der Waals surface area contributed by atoms with Crippen LogP contribution in [0.2, 0.25) is 0 Å². The van der Waals surface area contributed by atoms with Gasteiger partial charge in [-0.05, 0) is 12.1 Å². The van der Waals surface area contributed by atoms with E-state index in [-0.39, 0.29) is 0 Å². The predicted molar refractivity (Wildman–Crippen MR) is 68.4 cm³/mol. The molecule has 2 aromatic heterocycles. The van der Waals surface area contributed by atoms with E-state index in [4.69, 9.17) is 11.6 Å². The maximum absolute atomic E-state index is 5.92.